The van der Waals surface area contributed by atoms with Gasteiger partial charge >= 0.3 is 0 Å². The molecule has 3 aromatic rings. The number of nitrogens with zero attached hydrogens (tertiary/aromatic N) is 5. The summed E-state index contributed by atoms with van der Waals surface area (Å²) in [6.45, 7) is 3.19. The summed E-state index contributed by atoms with van der Waals surface area (Å²) in [5.74, 6) is 1.85. The summed E-state index contributed by atoms with van der Waals surface area (Å²) >= 11 is 0. The van der Waals surface area contributed by atoms with Gasteiger partial charge in [-0.1, -0.05) is 30.3 Å². The van der Waals surface area contributed by atoms with E-state index in [0.29, 0.717) is 30.4 Å². The Morgan fingerprint density at radius 2 is 1.97 bits per heavy atom. The third kappa shape index (κ3) is 2.97. The first-order chi connectivity index (χ1) is 14.2. The van der Waals surface area contributed by atoms with Gasteiger partial charge in [0.25, 0.3) is 5.91 Å². The molecule has 0 fully saturated rings. The van der Waals surface area contributed by atoms with Crippen LogP contribution >= 0.6 is 0 Å². The Morgan fingerprint density at radius 3 is 2.76 bits per heavy atom. The van der Waals surface area contributed by atoms with E-state index in [-0.39, 0.29) is 11.9 Å². The molecule has 0 bridgehead atoms. The average molecular weight is 389 g/mol. The Kier molecular flexibility index (Phi) is 4.30. The summed E-state index contributed by atoms with van der Waals surface area (Å²) in [5.41, 5.74) is 3.73. The van der Waals surface area contributed by atoms with Crippen molar-refractivity contribution in [2.45, 2.75) is 38.8 Å². The number of benzene rings is 1. The second-order valence-corrected chi connectivity index (χ2v) is 7.56. The summed E-state index contributed by atoms with van der Waals surface area (Å²) in [5, 5.41) is 4.65. The molecule has 0 saturated heterocycles. The highest BCUT2D eigenvalue weighted by atomic mass is 16.5. The number of carbonyl (C=O) groups excluding carboxylic acids is 1. The number of amides is 1. The predicted molar refractivity (Wildman–Crippen MR) is 108 cm³/mol. The van der Waals surface area contributed by atoms with Crippen LogP contribution in [0.5, 0.6) is 5.88 Å². The molecule has 0 saturated carbocycles. The summed E-state index contributed by atoms with van der Waals surface area (Å²) in [7, 11) is 1.57. The van der Waals surface area contributed by atoms with E-state index < -0.39 is 0 Å². The number of pyridine rings is 1. The molecule has 0 N–H and O–H groups in total. The minimum Gasteiger partial charge on any atom is -0.480 e. The molecule has 3 heterocycles. The molecular weight excluding hydrogens is 366 g/mol. The van der Waals surface area contributed by atoms with E-state index in [0.717, 1.165) is 41.9 Å². The molecule has 1 aliphatic carbocycles. The standard InChI is InChI=1S/C22H23N5O2/c1-14-20-24-19(15-7-4-3-5-8-15)25-27(20)12-11-26(14)22(28)17-13-16-9-6-10-18(16)23-21(17)29-2/h3-5,7-8,13-14H,6,9-12H2,1-2H3/t14-/m0/s1. The second kappa shape index (κ2) is 6.99. The zero-order chi connectivity index (χ0) is 20.0. The van der Waals surface area contributed by atoms with Crippen molar-refractivity contribution in [3.8, 4) is 17.3 Å². The summed E-state index contributed by atoms with van der Waals surface area (Å²) in [6.07, 6.45) is 3.00. The molecule has 1 aliphatic heterocycles. The highest BCUT2D eigenvalue weighted by Crippen LogP contribution is 2.31. The second-order valence-electron chi connectivity index (χ2n) is 7.56. The van der Waals surface area contributed by atoms with Crippen molar-refractivity contribution < 1.29 is 9.53 Å². The van der Waals surface area contributed by atoms with Crippen molar-refractivity contribution in [3.63, 3.8) is 0 Å². The third-order valence-electron chi connectivity index (χ3n) is 5.83. The molecule has 5 rings (SSSR count). The van der Waals surface area contributed by atoms with E-state index in [1.165, 1.54) is 0 Å². The van der Waals surface area contributed by atoms with Crippen molar-refractivity contribution in [1.82, 2.24) is 24.6 Å². The third-order valence-corrected chi connectivity index (χ3v) is 5.83. The lowest BCUT2D eigenvalue weighted by Crippen LogP contribution is -2.41. The Labute approximate surface area is 169 Å². The zero-order valence-corrected chi connectivity index (χ0v) is 16.6. The van der Waals surface area contributed by atoms with Gasteiger partial charge in [0.05, 0.1) is 19.7 Å². The van der Waals surface area contributed by atoms with Gasteiger partial charge < -0.3 is 9.64 Å². The maximum atomic E-state index is 13.4. The van der Waals surface area contributed by atoms with Gasteiger partial charge in [-0.2, -0.15) is 5.10 Å². The van der Waals surface area contributed by atoms with Gasteiger partial charge in [-0.15, -0.1) is 0 Å². The molecule has 1 atom stereocenters. The van der Waals surface area contributed by atoms with E-state index >= 15 is 0 Å². The Bertz CT molecular complexity index is 1080. The van der Waals surface area contributed by atoms with Gasteiger partial charge in [0.15, 0.2) is 5.82 Å². The molecule has 2 aromatic heterocycles. The van der Waals surface area contributed by atoms with Crippen molar-refractivity contribution in [2.75, 3.05) is 13.7 Å². The van der Waals surface area contributed by atoms with E-state index in [1.54, 1.807) is 7.11 Å². The van der Waals surface area contributed by atoms with Crippen LogP contribution in [0.1, 0.15) is 46.8 Å². The van der Waals surface area contributed by atoms with Crippen molar-refractivity contribution in [3.05, 3.63) is 59.0 Å². The molecule has 148 valence electrons. The van der Waals surface area contributed by atoms with Crippen LogP contribution in [0.2, 0.25) is 0 Å². The predicted octanol–water partition coefficient (Wildman–Crippen LogP) is 3.05. The first-order valence-corrected chi connectivity index (χ1v) is 10.0. The number of fused-ring (bicyclic) bond motifs is 2. The fourth-order valence-electron chi connectivity index (χ4n) is 4.27. The van der Waals surface area contributed by atoms with Gasteiger partial charge in [0.2, 0.25) is 5.88 Å². The lowest BCUT2D eigenvalue weighted by Gasteiger charge is -2.33. The maximum absolute atomic E-state index is 13.4. The molecule has 0 radical (unpaired) electrons. The van der Waals surface area contributed by atoms with E-state index in [1.807, 2.05) is 52.9 Å². The van der Waals surface area contributed by atoms with E-state index in [4.69, 9.17) is 9.72 Å². The number of aromatic nitrogens is 4. The molecule has 0 unspecified atom stereocenters. The number of carbonyl (C=O) groups is 1. The van der Waals surface area contributed by atoms with Crippen LogP contribution in [0.25, 0.3) is 11.4 Å². The minimum atomic E-state index is -0.181. The van der Waals surface area contributed by atoms with Crippen LogP contribution in [0.15, 0.2) is 36.4 Å². The Morgan fingerprint density at radius 1 is 1.14 bits per heavy atom. The van der Waals surface area contributed by atoms with E-state index in [2.05, 4.69) is 10.1 Å². The van der Waals surface area contributed by atoms with E-state index in [9.17, 15) is 4.79 Å². The van der Waals surface area contributed by atoms with Gasteiger partial charge in [0.1, 0.15) is 11.4 Å². The molecule has 29 heavy (non-hydrogen) atoms. The molecule has 1 aromatic carbocycles. The molecule has 7 nitrogen and oxygen atoms in total. The highest BCUT2D eigenvalue weighted by molar-refractivity contribution is 5.97. The summed E-state index contributed by atoms with van der Waals surface area (Å²) in [6, 6.07) is 11.7. The molecule has 0 spiro atoms. The fourth-order valence-corrected chi connectivity index (χ4v) is 4.27. The van der Waals surface area contributed by atoms with Crippen LogP contribution in [0.3, 0.4) is 0 Å². The number of methoxy groups -OCH3 is 1. The molecule has 1 amide bonds. The lowest BCUT2D eigenvalue weighted by atomic mass is 10.1. The number of ether oxygens (including phenoxy) is 1. The number of hydrogen-bond donors (Lipinski definition) is 0. The SMILES string of the molecule is COc1nc2c(cc1C(=O)N1CCn3nc(-c4ccccc4)nc3[C@@H]1C)CCC2. The first kappa shape index (κ1) is 17.8. The first-order valence-electron chi connectivity index (χ1n) is 10.0. The zero-order valence-electron chi connectivity index (χ0n) is 16.6. The van der Waals surface area contributed by atoms with Crippen LogP contribution in [-0.4, -0.2) is 44.2 Å². The largest absolute Gasteiger partial charge is 0.480 e. The lowest BCUT2D eigenvalue weighted by molar-refractivity contribution is 0.0626. The van der Waals surface area contributed by atoms with Gasteiger partial charge in [-0.05, 0) is 37.8 Å². The maximum Gasteiger partial charge on any atom is 0.260 e. The Balaban J connectivity index is 1.47. The monoisotopic (exact) mass is 389 g/mol. The average Bonchev–Trinajstić information content (AvgIpc) is 3.40. The fraction of sp³-hybridized carbons (Fsp3) is 0.364. The van der Waals surface area contributed by atoms with Crippen LogP contribution < -0.4 is 4.74 Å². The number of rotatable bonds is 3. The highest BCUT2D eigenvalue weighted by Gasteiger charge is 2.33. The molecule has 7 heteroatoms. The number of aryl methyl sites for hydroxylation is 2. The Hall–Kier alpha value is -3.22. The summed E-state index contributed by atoms with van der Waals surface area (Å²) < 4.78 is 7.37. The molecule has 2 aliphatic rings. The summed E-state index contributed by atoms with van der Waals surface area (Å²) in [4.78, 5) is 24.6. The van der Waals surface area contributed by atoms with Crippen molar-refractivity contribution in [2.24, 2.45) is 0 Å². The van der Waals surface area contributed by atoms with Crippen molar-refractivity contribution >= 4 is 5.91 Å². The van der Waals surface area contributed by atoms with Gasteiger partial charge in [-0.25, -0.2) is 14.6 Å². The smallest absolute Gasteiger partial charge is 0.260 e. The van der Waals surface area contributed by atoms with Crippen LogP contribution in [0.4, 0.5) is 0 Å². The number of hydrogen-bond acceptors (Lipinski definition) is 5. The molecular formula is C22H23N5O2. The van der Waals surface area contributed by atoms with Crippen molar-refractivity contribution in [1.29, 1.82) is 0 Å². The van der Waals surface area contributed by atoms with Gasteiger partial charge in [-0.3, -0.25) is 4.79 Å². The minimum absolute atomic E-state index is 0.0629. The topological polar surface area (TPSA) is 73.1 Å². The quantitative estimate of drug-likeness (QED) is 0.688. The normalized spacial score (nSPS) is 17.7. The van der Waals surface area contributed by atoms with Gasteiger partial charge in [0, 0.05) is 17.8 Å². The van der Waals surface area contributed by atoms with Crippen LogP contribution in [0, 0.1) is 0 Å². The van der Waals surface area contributed by atoms with Crippen LogP contribution in [-0.2, 0) is 19.4 Å².